The molecule has 86 valence electrons. The SMILES string of the molecule is CCN(CC)C(=O)Nc1snc(C)c1C#N. The maximum atomic E-state index is 11.7. The van der Waals surface area contributed by atoms with E-state index in [1.54, 1.807) is 11.8 Å². The molecular weight excluding hydrogens is 224 g/mol. The quantitative estimate of drug-likeness (QED) is 0.877. The fourth-order valence-electron chi connectivity index (χ4n) is 1.27. The van der Waals surface area contributed by atoms with Crippen LogP contribution in [0.5, 0.6) is 0 Å². The lowest BCUT2D eigenvalue weighted by Crippen LogP contribution is -2.34. The highest BCUT2D eigenvalue weighted by Crippen LogP contribution is 2.23. The molecule has 0 saturated heterocycles. The molecule has 0 bridgehead atoms. The van der Waals surface area contributed by atoms with Crippen molar-refractivity contribution in [2.45, 2.75) is 20.8 Å². The van der Waals surface area contributed by atoms with Gasteiger partial charge in [0.1, 0.15) is 16.6 Å². The molecule has 1 aromatic heterocycles. The molecule has 1 rings (SSSR count). The second kappa shape index (κ2) is 5.47. The van der Waals surface area contributed by atoms with Gasteiger partial charge < -0.3 is 4.90 Å². The number of hydrogen-bond donors (Lipinski definition) is 1. The van der Waals surface area contributed by atoms with Gasteiger partial charge in [0.25, 0.3) is 0 Å². The van der Waals surface area contributed by atoms with E-state index in [0.717, 1.165) is 11.5 Å². The van der Waals surface area contributed by atoms with Crippen molar-refractivity contribution in [2.75, 3.05) is 18.4 Å². The number of amides is 2. The first-order valence-corrected chi connectivity index (χ1v) is 5.83. The summed E-state index contributed by atoms with van der Waals surface area (Å²) in [4.78, 5) is 13.4. The molecule has 1 heterocycles. The van der Waals surface area contributed by atoms with Gasteiger partial charge in [-0.2, -0.15) is 9.64 Å². The van der Waals surface area contributed by atoms with Gasteiger partial charge in [-0.15, -0.1) is 0 Å². The largest absolute Gasteiger partial charge is 0.325 e. The van der Waals surface area contributed by atoms with Crippen molar-refractivity contribution in [3.05, 3.63) is 11.3 Å². The molecule has 5 nitrogen and oxygen atoms in total. The maximum absolute atomic E-state index is 11.7. The van der Waals surface area contributed by atoms with Gasteiger partial charge in [-0.25, -0.2) is 4.79 Å². The van der Waals surface area contributed by atoms with Gasteiger partial charge in [0.05, 0.1) is 5.69 Å². The number of carbonyl (C=O) groups is 1. The third-order valence-electron chi connectivity index (χ3n) is 2.25. The van der Waals surface area contributed by atoms with Gasteiger partial charge in [0, 0.05) is 13.1 Å². The molecule has 0 aliphatic heterocycles. The summed E-state index contributed by atoms with van der Waals surface area (Å²) < 4.78 is 4.04. The number of urea groups is 1. The minimum absolute atomic E-state index is 0.190. The smallest absolute Gasteiger partial charge is 0.322 e. The van der Waals surface area contributed by atoms with Gasteiger partial charge in [0.2, 0.25) is 0 Å². The molecule has 0 aliphatic carbocycles. The van der Waals surface area contributed by atoms with Crippen LogP contribution in [0.15, 0.2) is 0 Å². The van der Waals surface area contributed by atoms with Crippen LogP contribution in [0.25, 0.3) is 0 Å². The van der Waals surface area contributed by atoms with E-state index in [4.69, 9.17) is 5.26 Å². The highest BCUT2D eigenvalue weighted by Gasteiger charge is 2.15. The lowest BCUT2D eigenvalue weighted by atomic mass is 10.3. The molecule has 0 spiro atoms. The minimum atomic E-state index is -0.190. The van der Waals surface area contributed by atoms with Crippen LogP contribution in [0.3, 0.4) is 0 Å². The van der Waals surface area contributed by atoms with E-state index < -0.39 is 0 Å². The first-order valence-electron chi connectivity index (χ1n) is 5.06. The predicted octanol–water partition coefficient (Wildman–Crippen LogP) is 2.20. The number of anilines is 1. The van der Waals surface area contributed by atoms with Gasteiger partial charge >= 0.3 is 6.03 Å². The Kier molecular flexibility index (Phi) is 4.26. The Balaban J connectivity index is 2.81. The van der Waals surface area contributed by atoms with Crippen LogP contribution in [0.4, 0.5) is 9.80 Å². The zero-order valence-electron chi connectivity index (χ0n) is 9.57. The lowest BCUT2D eigenvalue weighted by Gasteiger charge is -2.18. The minimum Gasteiger partial charge on any atom is -0.325 e. The lowest BCUT2D eigenvalue weighted by molar-refractivity contribution is 0.217. The molecule has 0 saturated carbocycles. The van der Waals surface area contributed by atoms with Crippen LogP contribution in [-0.2, 0) is 0 Å². The molecule has 0 unspecified atom stereocenters. The molecule has 0 fully saturated rings. The second-order valence-corrected chi connectivity index (χ2v) is 3.96. The summed E-state index contributed by atoms with van der Waals surface area (Å²) in [5.74, 6) is 0. The van der Waals surface area contributed by atoms with Crippen LogP contribution < -0.4 is 5.32 Å². The summed E-state index contributed by atoms with van der Waals surface area (Å²) in [6.07, 6.45) is 0. The molecule has 6 heteroatoms. The van der Waals surface area contributed by atoms with E-state index in [0.29, 0.717) is 29.3 Å². The Morgan fingerprint density at radius 1 is 1.56 bits per heavy atom. The van der Waals surface area contributed by atoms with E-state index >= 15 is 0 Å². The average Bonchev–Trinajstić information content (AvgIpc) is 2.61. The average molecular weight is 238 g/mol. The van der Waals surface area contributed by atoms with Crippen molar-refractivity contribution in [3.63, 3.8) is 0 Å². The van der Waals surface area contributed by atoms with E-state index in [-0.39, 0.29) is 6.03 Å². The van der Waals surface area contributed by atoms with Crippen molar-refractivity contribution in [1.29, 1.82) is 5.26 Å². The van der Waals surface area contributed by atoms with Gasteiger partial charge in [-0.3, -0.25) is 5.32 Å². The summed E-state index contributed by atoms with van der Waals surface area (Å²) in [7, 11) is 0. The Morgan fingerprint density at radius 2 is 2.19 bits per heavy atom. The molecule has 0 radical (unpaired) electrons. The highest BCUT2D eigenvalue weighted by molar-refractivity contribution is 7.10. The predicted molar refractivity (Wildman–Crippen MR) is 63.5 cm³/mol. The van der Waals surface area contributed by atoms with Crippen LogP contribution >= 0.6 is 11.5 Å². The van der Waals surface area contributed by atoms with Crippen molar-refractivity contribution in [1.82, 2.24) is 9.27 Å². The first-order chi connectivity index (χ1) is 7.63. The van der Waals surface area contributed by atoms with Crippen LogP contribution in [0.1, 0.15) is 25.1 Å². The summed E-state index contributed by atoms with van der Waals surface area (Å²) in [5.41, 5.74) is 1.10. The molecular formula is C10H14N4OS. The molecule has 0 aliphatic rings. The van der Waals surface area contributed by atoms with Crippen LogP contribution in [0, 0.1) is 18.3 Å². The van der Waals surface area contributed by atoms with Gasteiger partial charge in [-0.05, 0) is 32.3 Å². The summed E-state index contributed by atoms with van der Waals surface area (Å²) >= 11 is 1.14. The van der Waals surface area contributed by atoms with Crippen molar-refractivity contribution >= 4 is 22.6 Å². The van der Waals surface area contributed by atoms with Crippen LogP contribution in [0.2, 0.25) is 0 Å². The van der Waals surface area contributed by atoms with E-state index in [1.165, 1.54) is 0 Å². The molecule has 2 amide bonds. The van der Waals surface area contributed by atoms with Crippen molar-refractivity contribution < 1.29 is 4.79 Å². The number of nitrogens with zero attached hydrogens (tertiary/aromatic N) is 3. The van der Waals surface area contributed by atoms with E-state index in [1.807, 2.05) is 19.9 Å². The van der Waals surface area contributed by atoms with Crippen LogP contribution in [-0.4, -0.2) is 28.4 Å². The van der Waals surface area contributed by atoms with Gasteiger partial charge in [0.15, 0.2) is 0 Å². The second-order valence-electron chi connectivity index (χ2n) is 3.19. The van der Waals surface area contributed by atoms with Crippen molar-refractivity contribution in [2.24, 2.45) is 0 Å². The monoisotopic (exact) mass is 238 g/mol. The number of nitrogens with one attached hydrogen (secondary N) is 1. The Morgan fingerprint density at radius 3 is 2.69 bits per heavy atom. The third kappa shape index (κ3) is 2.49. The fraction of sp³-hybridized carbons (Fsp3) is 0.500. The number of hydrogen-bond acceptors (Lipinski definition) is 4. The van der Waals surface area contributed by atoms with E-state index in [9.17, 15) is 4.79 Å². The standard InChI is InChI=1S/C10H14N4OS/c1-4-14(5-2)10(15)12-9-8(6-11)7(3)13-16-9/h4-5H2,1-3H3,(H,12,15). The maximum Gasteiger partial charge on any atom is 0.322 e. The zero-order valence-corrected chi connectivity index (χ0v) is 10.4. The fourth-order valence-corrected chi connectivity index (χ4v) is 2.01. The summed E-state index contributed by atoms with van der Waals surface area (Å²) in [6, 6.07) is 1.85. The molecule has 1 N–H and O–H groups in total. The third-order valence-corrected chi connectivity index (χ3v) is 3.10. The van der Waals surface area contributed by atoms with Crippen molar-refractivity contribution in [3.8, 4) is 6.07 Å². The number of aryl methyl sites for hydroxylation is 1. The normalized spacial score (nSPS) is 9.62. The summed E-state index contributed by atoms with van der Waals surface area (Å²) in [5, 5.41) is 12.1. The molecule has 0 aromatic carbocycles. The first kappa shape index (κ1) is 12.5. The Labute approximate surface area is 98.9 Å². The molecule has 16 heavy (non-hydrogen) atoms. The highest BCUT2D eigenvalue weighted by atomic mass is 32.1. The number of nitriles is 1. The number of carbonyl (C=O) groups excluding carboxylic acids is 1. The zero-order chi connectivity index (χ0) is 12.1. The number of aromatic nitrogens is 1. The number of rotatable bonds is 3. The van der Waals surface area contributed by atoms with Gasteiger partial charge in [-0.1, -0.05) is 0 Å². The van der Waals surface area contributed by atoms with E-state index in [2.05, 4.69) is 9.69 Å². The molecule has 1 aromatic rings. The Hall–Kier alpha value is -1.61. The topological polar surface area (TPSA) is 69.0 Å². The summed E-state index contributed by atoms with van der Waals surface area (Å²) in [6.45, 7) is 6.85. The molecule has 0 atom stereocenters. The Bertz CT molecular complexity index is 417.